The Morgan fingerprint density at radius 1 is 1.21 bits per heavy atom. The Bertz CT molecular complexity index is 1070. The normalized spacial score (nSPS) is 15.4. The molecule has 0 radical (unpaired) electrons. The lowest BCUT2D eigenvalue weighted by atomic mass is 9.99. The molecule has 1 amide bonds. The van der Waals surface area contributed by atoms with Crippen LogP contribution in [0.5, 0.6) is 0 Å². The summed E-state index contributed by atoms with van der Waals surface area (Å²) in [5.41, 5.74) is 3.03. The van der Waals surface area contributed by atoms with Crippen molar-refractivity contribution >= 4 is 27.5 Å². The average Bonchev–Trinajstić information content (AvgIpc) is 3.15. The maximum absolute atomic E-state index is 13.2. The number of thiophene rings is 1. The maximum Gasteiger partial charge on any atom is 0.263 e. The van der Waals surface area contributed by atoms with Gasteiger partial charge in [-0.05, 0) is 35.8 Å². The highest BCUT2D eigenvalue weighted by Crippen LogP contribution is 2.31. The van der Waals surface area contributed by atoms with E-state index in [9.17, 15) is 9.59 Å². The Kier molecular flexibility index (Phi) is 5.54. The van der Waals surface area contributed by atoms with Crippen LogP contribution in [0.15, 0.2) is 40.8 Å². The van der Waals surface area contributed by atoms with Gasteiger partial charge in [0.15, 0.2) is 0 Å². The van der Waals surface area contributed by atoms with E-state index in [2.05, 4.69) is 50.0 Å². The zero-order valence-electron chi connectivity index (χ0n) is 17.2. The van der Waals surface area contributed by atoms with Crippen LogP contribution in [0.25, 0.3) is 21.3 Å². The van der Waals surface area contributed by atoms with Crippen LogP contribution in [0.1, 0.15) is 45.1 Å². The van der Waals surface area contributed by atoms with Gasteiger partial charge in [-0.15, -0.1) is 11.3 Å². The number of hydrogen-bond acceptors (Lipinski definition) is 4. The zero-order valence-corrected chi connectivity index (χ0v) is 18.0. The second kappa shape index (κ2) is 8.11. The van der Waals surface area contributed by atoms with Crippen molar-refractivity contribution in [2.45, 2.75) is 46.1 Å². The highest BCUT2D eigenvalue weighted by molar-refractivity contribution is 7.17. The molecule has 152 valence electrons. The number of amides is 1. The predicted octanol–water partition coefficient (Wildman–Crippen LogP) is 4.51. The van der Waals surface area contributed by atoms with Gasteiger partial charge in [0, 0.05) is 24.0 Å². The fraction of sp³-hybridized carbons (Fsp3) is 0.435. The Balaban J connectivity index is 1.64. The number of carbonyl (C=O) groups excluding carboxylic acids is 1. The summed E-state index contributed by atoms with van der Waals surface area (Å²) in [7, 11) is 0. The van der Waals surface area contributed by atoms with E-state index >= 15 is 0 Å². The molecule has 0 spiro atoms. The van der Waals surface area contributed by atoms with Crippen LogP contribution in [-0.2, 0) is 11.3 Å². The molecule has 1 fully saturated rings. The summed E-state index contributed by atoms with van der Waals surface area (Å²) in [6.45, 7) is 8.15. The Morgan fingerprint density at radius 3 is 2.55 bits per heavy atom. The van der Waals surface area contributed by atoms with Crippen LogP contribution in [0.4, 0.5) is 0 Å². The number of likely N-dealkylation sites (tertiary alicyclic amines) is 1. The molecule has 4 rings (SSSR count). The lowest BCUT2D eigenvalue weighted by Crippen LogP contribution is -2.41. The van der Waals surface area contributed by atoms with Crippen LogP contribution in [-0.4, -0.2) is 33.4 Å². The van der Waals surface area contributed by atoms with Crippen molar-refractivity contribution in [2.75, 3.05) is 13.1 Å². The quantitative estimate of drug-likeness (QED) is 0.637. The van der Waals surface area contributed by atoms with Gasteiger partial charge in [-0.2, -0.15) is 0 Å². The molecule has 1 aliphatic rings. The third-order valence-corrected chi connectivity index (χ3v) is 6.78. The molecule has 5 nitrogen and oxygen atoms in total. The molecule has 1 aromatic carbocycles. The van der Waals surface area contributed by atoms with Crippen molar-refractivity contribution in [3.63, 3.8) is 0 Å². The molecule has 0 unspecified atom stereocenters. The number of rotatable bonds is 4. The minimum Gasteiger partial charge on any atom is -0.341 e. The fourth-order valence-electron chi connectivity index (χ4n) is 3.84. The number of nitrogens with zero attached hydrogens (tertiary/aromatic N) is 3. The van der Waals surface area contributed by atoms with E-state index in [1.165, 1.54) is 27.8 Å². The number of carbonyl (C=O) groups is 1. The van der Waals surface area contributed by atoms with Crippen molar-refractivity contribution in [3.05, 3.63) is 51.9 Å². The van der Waals surface area contributed by atoms with Crippen molar-refractivity contribution < 1.29 is 4.79 Å². The highest BCUT2D eigenvalue weighted by Gasteiger charge is 2.21. The van der Waals surface area contributed by atoms with E-state index in [1.807, 2.05) is 10.3 Å². The van der Waals surface area contributed by atoms with Gasteiger partial charge in [0.05, 0.1) is 11.7 Å². The Hall–Kier alpha value is -2.47. The van der Waals surface area contributed by atoms with Gasteiger partial charge in [0.1, 0.15) is 11.4 Å². The first-order valence-electron chi connectivity index (χ1n) is 10.3. The number of piperidine rings is 1. The van der Waals surface area contributed by atoms with E-state index in [0.717, 1.165) is 37.1 Å². The molecule has 0 aliphatic carbocycles. The maximum atomic E-state index is 13.2. The van der Waals surface area contributed by atoms with Gasteiger partial charge in [-0.25, -0.2) is 4.98 Å². The number of benzene rings is 1. The minimum absolute atomic E-state index is 0.00165. The van der Waals surface area contributed by atoms with Crippen LogP contribution in [0.2, 0.25) is 0 Å². The summed E-state index contributed by atoms with van der Waals surface area (Å²) >= 11 is 1.47. The summed E-state index contributed by atoms with van der Waals surface area (Å²) in [6.07, 6.45) is 3.56. The first kappa shape index (κ1) is 19.8. The van der Waals surface area contributed by atoms with E-state index < -0.39 is 0 Å². The van der Waals surface area contributed by atoms with Gasteiger partial charge >= 0.3 is 0 Å². The second-order valence-electron chi connectivity index (χ2n) is 8.35. The monoisotopic (exact) mass is 409 g/mol. The Labute approximate surface area is 175 Å². The summed E-state index contributed by atoms with van der Waals surface area (Å²) in [4.78, 5) is 32.9. The molecular formula is C23H27N3O2S. The smallest absolute Gasteiger partial charge is 0.263 e. The molecule has 0 atom stereocenters. The van der Waals surface area contributed by atoms with Crippen molar-refractivity contribution in [3.8, 4) is 11.1 Å². The molecule has 0 saturated carbocycles. The van der Waals surface area contributed by atoms with E-state index in [4.69, 9.17) is 0 Å². The highest BCUT2D eigenvalue weighted by atomic mass is 32.1. The fourth-order valence-corrected chi connectivity index (χ4v) is 4.75. The van der Waals surface area contributed by atoms with Gasteiger partial charge in [-0.1, -0.05) is 45.0 Å². The lowest BCUT2D eigenvalue weighted by Gasteiger charge is -2.30. The molecule has 0 bridgehead atoms. The van der Waals surface area contributed by atoms with Crippen LogP contribution in [0, 0.1) is 5.92 Å². The number of fused-ring (bicyclic) bond motifs is 1. The van der Waals surface area contributed by atoms with E-state index in [1.54, 1.807) is 0 Å². The topological polar surface area (TPSA) is 55.2 Å². The summed E-state index contributed by atoms with van der Waals surface area (Å²) in [5, 5.41) is 2.59. The van der Waals surface area contributed by atoms with Gasteiger partial charge in [0.2, 0.25) is 5.91 Å². The predicted molar refractivity (Wildman–Crippen MR) is 118 cm³/mol. The number of hydrogen-bond donors (Lipinski definition) is 0. The third-order valence-electron chi connectivity index (χ3n) is 5.89. The number of aromatic nitrogens is 2. The summed E-state index contributed by atoms with van der Waals surface area (Å²) in [5.74, 6) is 1.12. The van der Waals surface area contributed by atoms with Crippen molar-refractivity contribution in [1.29, 1.82) is 0 Å². The van der Waals surface area contributed by atoms with Gasteiger partial charge in [0.25, 0.3) is 5.56 Å². The molecule has 29 heavy (non-hydrogen) atoms. The van der Waals surface area contributed by atoms with Crippen LogP contribution < -0.4 is 5.56 Å². The largest absolute Gasteiger partial charge is 0.341 e. The minimum atomic E-state index is -0.141. The van der Waals surface area contributed by atoms with E-state index in [-0.39, 0.29) is 18.0 Å². The van der Waals surface area contributed by atoms with Crippen LogP contribution in [0.3, 0.4) is 0 Å². The molecule has 1 aliphatic heterocycles. The summed E-state index contributed by atoms with van der Waals surface area (Å²) in [6, 6.07) is 8.35. The lowest BCUT2D eigenvalue weighted by molar-refractivity contribution is -0.133. The van der Waals surface area contributed by atoms with Crippen molar-refractivity contribution in [1.82, 2.24) is 14.5 Å². The molecule has 0 N–H and O–H groups in total. The first-order chi connectivity index (χ1) is 13.9. The average molecular weight is 410 g/mol. The third kappa shape index (κ3) is 3.99. The molecule has 1 saturated heterocycles. The SMILES string of the molecule is CC1CCN(C(=O)Cn2cnc3scc(-c4ccc(C(C)C)cc4)c3c2=O)CC1. The van der Waals surface area contributed by atoms with Crippen LogP contribution >= 0.6 is 11.3 Å². The zero-order chi connectivity index (χ0) is 20.5. The first-order valence-corrected chi connectivity index (χ1v) is 11.2. The molecule has 2 aromatic heterocycles. The molecule has 6 heteroatoms. The molecular weight excluding hydrogens is 382 g/mol. The van der Waals surface area contributed by atoms with E-state index in [0.29, 0.717) is 22.1 Å². The van der Waals surface area contributed by atoms with Gasteiger partial charge < -0.3 is 4.90 Å². The second-order valence-corrected chi connectivity index (χ2v) is 9.21. The van der Waals surface area contributed by atoms with Gasteiger partial charge in [-0.3, -0.25) is 14.2 Å². The molecule has 3 heterocycles. The molecule has 3 aromatic rings. The van der Waals surface area contributed by atoms with Crippen molar-refractivity contribution in [2.24, 2.45) is 5.92 Å². The summed E-state index contributed by atoms with van der Waals surface area (Å²) < 4.78 is 1.46. The standard InChI is InChI=1S/C23H27N3O2S/c1-15(2)17-4-6-18(7-5-17)19-13-29-22-21(19)23(28)26(14-24-22)12-20(27)25-10-8-16(3)9-11-25/h4-7,13-16H,8-12H2,1-3H3. The Morgan fingerprint density at radius 2 is 1.90 bits per heavy atom.